The van der Waals surface area contributed by atoms with Gasteiger partial charge in [0.05, 0.1) is 0 Å². The fraction of sp³-hybridized carbons (Fsp3) is 0.400. The molecule has 0 heterocycles. The monoisotopic (exact) mass is 185 g/mol. The highest BCUT2D eigenvalue weighted by Gasteiger charge is 1.99. The van der Waals surface area contributed by atoms with Crippen molar-refractivity contribution in [3.8, 4) is 0 Å². The SMILES string of the molecule is Cc1cc(C)c(C)c(CN)c1.Cl. The van der Waals surface area contributed by atoms with Gasteiger partial charge in [0.15, 0.2) is 0 Å². The Labute approximate surface area is 80.4 Å². The van der Waals surface area contributed by atoms with Gasteiger partial charge in [-0.15, -0.1) is 12.4 Å². The van der Waals surface area contributed by atoms with Crippen LogP contribution in [-0.4, -0.2) is 0 Å². The van der Waals surface area contributed by atoms with E-state index in [4.69, 9.17) is 5.73 Å². The highest BCUT2D eigenvalue weighted by molar-refractivity contribution is 5.85. The van der Waals surface area contributed by atoms with Gasteiger partial charge in [-0.25, -0.2) is 0 Å². The zero-order valence-electron chi connectivity index (χ0n) is 7.85. The lowest BCUT2D eigenvalue weighted by Gasteiger charge is -2.07. The molecule has 1 aromatic carbocycles. The van der Waals surface area contributed by atoms with Crippen molar-refractivity contribution in [2.45, 2.75) is 27.3 Å². The van der Waals surface area contributed by atoms with Crippen LogP contribution >= 0.6 is 12.4 Å². The molecule has 1 rings (SSSR count). The van der Waals surface area contributed by atoms with Crippen molar-refractivity contribution >= 4 is 12.4 Å². The van der Waals surface area contributed by atoms with E-state index in [1.54, 1.807) is 0 Å². The van der Waals surface area contributed by atoms with E-state index in [-0.39, 0.29) is 12.4 Å². The molecule has 1 nitrogen and oxygen atoms in total. The van der Waals surface area contributed by atoms with Crippen molar-refractivity contribution in [3.05, 3.63) is 34.4 Å². The van der Waals surface area contributed by atoms with Crippen LogP contribution in [-0.2, 0) is 6.54 Å². The average molecular weight is 186 g/mol. The van der Waals surface area contributed by atoms with Crippen molar-refractivity contribution in [2.75, 3.05) is 0 Å². The fourth-order valence-electron chi connectivity index (χ4n) is 1.34. The van der Waals surface area contributed by atoms with Crippen molar-refractivity contribution in [1.29, 1.82) is 0 Å². The van der Waals surface area contributed by atoms with Gasteiger partial charge in [-0.05, 0) is 37.5 Å². The third kappa shape index (κ3) is 2.23. The van der Waals surface area contributed by atoms with Gasteiger partial charge < -0.3 is 5.73 Å². The van der Waals surface area contributed by atoms with Crippen LogP contribution in [0.5, 0.6) is 0 Å². The maximum Gasteiger partial charge on any atom is 0.0180 e. The fourth-order valence-corrected chi connectivity index (χ4v) is 1.34. The van der Waals surface area contributed by atoms with Gasteiger partial charge in [-0.3, -0.25) is 0 Å². The molecule has 0 unspecified atom stereocenters. The van der Waals surface area contributed by atoms with Crippen molar-refractivity contribution < 1.29 is 0 Å². The van der Waals surface area contributed by atoms with E-state index in [2.05, 4.69) is 32.9 Å². The molecule has 0 aliphatic carbocycles. The van der Waals surface area contributed by atoms with Gasteiger partial charge in [0.2, 0.25) is 0 Å². The van der Waals surface area contributed by atoms with Crippen LogP contribution in [0.25, 0.3) is 0 Å². The molecule has 12 heavy (non-hydrogen) atoms. The molecular weight excluding hydrogens is 170 g/mol. The van der Waals surface area contributed by atoms with E-state index in [1.165, 1.54) is 22.3 Å². The highest BCUT2D eigenvalue weighted by atomic mass is 35.5. The number of benzene rings is 1. The summed E-state index contributed by atoms with van der Waals surface area (Å²) in [6.07, 6.45) is 0. The first kappa shape index (κ1) is 11.5. The van der Waals surface area contributed by atoms with Crippen molar-refractivity contribution in [2.24, 2.45) is 5.73 Å². The number of rotatable bonds is 1. The molecule has 68 valence electrons. The smallest absolute Gasteiger partial charge is 0.0180 e. The summed E-state index contributed by atoms with van der Waals surface area (Å²) in [6, 6.07) is 4.34. The van der Waals surface area contributed by atoms with Crippen LogP contribution in [0.3, 0.4) is 0 Å². The van der Waals surface area contributed by atoms with E-state index in [9.17, 15) is 0 Å². The van der Waals surface area contributed by atoms with Gasteiger partial charge in [0.1, 0.15) is 0 Å². The van der Waals surface area contributed by atoms with Crippen molar-refractivity contribution in [3.63, 3.8) is 0 Å². The van der Waals surface area contributed by atoms with Crippen LogP contribution in [0.2, 0.25) is 0 Å². The molecule has 0 fully saturated rings. The summed E-state index contributed by atoms with van der Waals surface area (Å²) < 4.78 is 0. The molecule has 2 heteroatoms. The molecular formula is C10H16ClN. The van der Waals surface area contributed by atoms with Crippen molar-refractivity contribution in [1.82, 2.24) is 0 Å². The number of aryl methyl sites for hydroxylation is 2. The molecule has 2 N–H and O–H groups in total. The zero-order valence-corrected chi connectivity index (χ0v) is 8.66. The molecule has 0 aliphatic rings. The largest absolute Gasteiger partial charge is 0.326 e. The Morgan fingerprint density at radius 2 is 1.75 bits per heavy atom. The summed E-state index contributed by atoms with van der Waals surface area (Å²) in [5.74, 6) is 0. The normalized spacial score (nSPS) is 9.33. The molecule has 0 saturated carbocycles. The molecule has 0 aromatic heterocycles. The Hall–Kier alpha value is -0.530. The van der Waals surface area contributed by atoms with Crippen LogP contribution < -0.4 is 5.73 Å². The Bertz CT molecular complexity index is 269. The van der Waals surface area contributed by atoms with Gasteiger partial charge in [0.25, 0.3) is 0 Å². The Balaban J connectivity index is 0.00000121. The minimum Gasteiger partial charge on any atom is -0.326 e. The lowest BCUT2D eigenvalue weighted by Crippen LogP contribution is -2.00. The summed E-state index contributed by atoms with van der Waals surface area (Å²) >= 11 is 0. The number of halogens is 1. The number of hydrogen-bond donors (Lipinski definition) is 1. The predicted molar refractivity (Wildman–Crippen MR) is 55.8 cm³/mol. The standard InChI is InChI=1S/C10H15N.ClH/c1-7-4-8(2)9(3)10(5-7)6-11;/h4-5H,6,11H2,1-3H3;1H. The average Bonchev–Trinajstić information content (AvgIpc) is 1.96. The molecule has 1 aromatic rings. The molecule has 0 spiro atoms. The van der Waals surface area contributed by atoms with Gasteiger partial charge in [-0.1, -0.05) is 17.7 Å². The van der Waals surface area contributed by atoms with Gasteiger partial charge in [-0.2, -0.15) is 0 Å². The summed E-state index contributed by atoms with van der Waals surface area (Å²) in [6.45, 7) is 7.00. The minimum absolute atomic E-state index is 0. The number of nitrogens with two attached hydrogens (primary N) is 1. The van der Waals surface area contributed by atoms with E-state index < -0.39 is 0 Å². The first-order valence-electron chi connectivity index (χ1n) is 3.92. The number of hydrogen-bond acceptors (Lipinski definition) is 1. The van der Waals surface area contributed by atoms with Gasteiger partial charge >= 0.3 is 0 Å². The second-order valence-electron chi connectivity index (χ2n) is 3.07. The van der Waals surface area contributed by atoms with Crippen LogP contribution in [0, 0.1) is 20.8 Å². The second kappa shape index (κ2) is 4.48. The lowest BCUT2D eigenvalue weighted by molar-refractivity contribution is 1.03. The van der Waals surface area contributed by atoms with E-state index in [0.717, 1.165) is 0 Å². The summed E-state index contributed by atoms with van der Waals surface area (Å²) in [7, 11) is 0. The van der Waals surface area contributed by atoms with Gasteiger partial charge in [0, 0.05) is 6.54 Å². The second-order valence-corrected chi connectivity index (χ2v) is 3.07. The van der Waals surface area contributed by atoms with E-state index >= 15 is 0 Å². The first-order valence-corrected chi connectivity index (χ1v) is 3.92. The zero-order chi connectivity index (χ0) is 8.43. The molecule has 0 atom stereocenters. The molecule has 0 radical (unpaired) electrons. The summed E-state index contributed by atoms with van der Waals surface area (Å²) in [5, 5.41) is 0. The maximum absolute atomic E-state index is 5.59. The Morgan fingerprint density at radius 1 is 1.17 bits per heavy atom. The highest BCUT2D eigenvalue weighted by Crippen LogP contribution is 2.14. The Kier molecular flexibility index (Phi) is 4.29. The van der Waals surface area contributed by atoms with E-state index in [0.29, 0.717) is 6.54 Å². The topological polar surface area (TPSA) is 26.0 Å². The molecule has 0 saturated heterocycles. The predicted octanol–water partition coefficient (Wildman–Crippen LogP) is 2.49. The lowest BCUT2D eigenvalue weighted by atomic mass is 10.0. The van der Waals surface area contributed by atoms with Crippen LogP contribution in [0.4, 0.5) is 0 Å². The van der Waals surface area contributed by atoms with Crippen LogP contribution in [0.15, 0.2) is 12.1 Å². The first-order chi connectivity index (χ1) is 5.15. The molecule has 0 amide bonds. The maximum atomic E-state index is 5.59. The minimum atomic E-state index is 0. The third-order valence-corrected chi connectivity index (χ3v) is 2.14. The Morgan fingerprint density at radius 3 is 2.25 bits per heavy atom. The molecule has 0 aliphatic heterocycles. The summed E-state index contributed by atoms with van der Waals surface area (Å²) in [5.41, 5.74) is 10.8. The summed E-state index contributed by atoms with van der Waals surface area (Å²) in [4.78, 5) is 0. The third-order valence-electron chi connectivity index (χ3n) is 2.14. The van der Waals surface area contributed by atoms with E-state index in [1.807, 2.05) is 0 Å². The molecule has 0 bridgehead atoms. The quantitative estimate of drug-likeness (QED) is 0.715. The van der Waals surface area contributed by atoms with Crippen LogP contribution in [0.1, 0.15) is 22.3 Å².